The van der Waals surface area contributed by atoms with Gasteiger partial charge in [-0.25, -0.2) is 0 Å². The lowest BCUT2D eigenvalue weighted by molar-refractivity contribution is -0.170. The number of hydrogen-bond donors (Lipinski definition) is 2. The Kier molecular flexibility index (Phi) is 6.05. The summed E-state index contributed by atoms with van der Waals surface area (Å²) in [6, 6.07) is 20.2. The molecule has 9 heteroatoms. The van der Waals surface area contributed by atoms with Gasteiger partial charge in [0.2, 0.25) is 0 Å². The zero-order valence-corrected chi connectivity index (χ0v) is 19.0. The van der Waals surface area contributed by atoms with E-state index >= 15 is 0 Å². The average molecular weight is 490 g/mol. The number of anilines is 1. The number of pyridine rings is 1. The molecule has 182 valence electrons. The molecule has 0 radical (unpaired) electrons. The first-order chi connectivity index (χ1) is 17.3. The highest BCUT2D eigenvalue weighted by atomic mass is 19.4. The van der Waals surface area contributed by atoms with Crippen LogP contribution in [-0.4, -0.2) is 34.5 Å². The predicted molar refractivity (Wildman–Crippen MR) is 129 cm³/mol. The molecule has 6 nitrogen and oxygen atoms in total. The van der Waals surface area contributed by atoms with E-state index in [0.717, 1.165) is 28.3 Å². The molecule has 1 aliphatic rings. The molecule has 0 saturated heterocycles. The summed E-state index contributed by atoms with van der Waals surface area (Å²) in [5, 5.41) is 2.82. The van der Waals surface area contributed by atoms with Crippen LogP contribution in [0, 0.1) is 0 Å². The van der Waals surface area contributed by atoms with Crippen LogP contribution in [0.3, 0.4) is 0 Å². The number of alkyl halides is 3. The number of benzene rings is 2. The van der Waals surface area contributed by atoms with Gasteiger partial charge in [0.1, 0.15) is 0 Å². The van der Waals surface area contributed by atoms with Gasteiger partial charge in [-0.1, -0.05) is 42.5 Å². The minimum atomic E-state index is -5.00. The maximum absolute atomic E-state index is 13.3. The summed E-state index contributed by atoms with van der Waals surface area (Å²) in [6.45, 7) is 0.370. The number of fused-ring (bicyclic) bond motifs is 1. The second-order valence-electron chi connectivity index (χ2n) is 8.43. The molecule has 1 aliphatic heterocycles. The first kappa shape index (κ1) is 23.3. The standard InChI is InChI=1S/C27H21F3N4O2/c28-27(29,30)26(36)34(16-17-4-2-1-3-5-17)20-8-6-18(7-9-20)23-14-19(10-12-31-23)24-15-21-22(33-24)11-13-32-25(21)35/h1-10,12,14-15,33H,11,13,16H2,(H,32,35). The Hall–Kier alpha value is -4.40. The minimum absolute atomic E-state index is 0.114. The van der Waals surface area contributed by atoms with E-state index in [1.54, 1.807) is 54.7 Å². The van der Waals surface area contributed by atoms with E-state index in [-0.39, 0.29) is 18.1 Å². The molecule has 0 saturated carbocycles. The number of carbonyl (C=O) groups excluding carboxylic acids is 2. The number of amides is 2. The molecule has 0 atom stereocenters. The van der Waals surface area contributed by atoms with Crippen molar-refractivity contribution in [2.75, 3.05) is 11.4 Å². The molecule has 5 rings (SSSR count). The Balaban J connectivity index is 1.43. The van der Waals surface area contributed by atoms with Gasteiger partial charge in [-0.05, 0) is 35.9 Å². The lowest BCUT2D eigenvalue weighted by Crippen LogP contribution is -2.40. The summed E-state index contributed by atoms with van der Waals surface area (Å²) in [5.74, 6) is -2.05. The highest BCUT2D eigenvalue weighted by Crippen LogP contribution is 2.30. The smallest absolute Gasteiger partial charge is 0.358 e. The Morgan fingerprint density at radius 1 is 0.972 bits per heavy atom. The van der Waals surface area contributed by atoms with E-state index in [1.807, 2.05) is 12.1 Å². The number of aromatic nitrogens is 2. The van der Waals surface area contributed by atoms with Gasteiger partial charge < -0.3 is 15.2 Å². The van der Waals surface area contributed by atoms with Crippen LogP contribution in [0.5, 0.6) is 0 Å². The second kappa shape index (κ2) is 9.33. The van der Waals surface area contributed by atoms with E-state index < -0.39 is 12.1 Å². The van der Waals surface area contributed by atoms with Gasteiger partial charge in [-0.15, -0.1) is 0 Å². The van der Waals surface area contributed by atoms with E-state index in [2.05, 4.69) is 15.3 Å². The maximum Gasteiger partial charge on any atom is 0.471 e. The quantitative estimate of drug-likeness (QED) is 0.407. The van der Waals surface area contributed by atoms with Crippen LogP contribution in [0.1, 0.15) is 21.6 Å². The molecule has 0 aliphatic carbocycles. The lowest BCUT2D eigenvalue weighted by atomic mass is 10.1. The van der Waals surface area contributed by atoms with Crippen molar-refractivity contribution in [2.45, 2.75) is 19.1 Å². The van der Waals surface area contributed by atoms with Crippen LogP contribution in [-0.2, 0) is 17.8 Å². The van der Waals surface area contributed by atoms with Crippen LogP contribution in [0.25, 0.3) is 22.5 Å². The van der Waals surface area contributed by atoms with Crippen molar-refractivity contribution in [3.8, 4) is 22.5 Å². The number of H-pyrrole nitrogens is 1. The Labute approximate surface area is 204 Å². The van der Waals surface area contributed by atoms with Crippen LogP contribution in [0.15, 0.2) is 79.0 Å². The number of hydrogen-bond acceptors (Lipinski definition) is 3. The molecular formula is C27H21F3N4O2. The van der Waals surface area contributed by atoms with Crippen molar-refractivity contribution < 1.29 is 22.8 Å². The van der Waals surface area contributed by atoms with Crippen LogP contribution < -0.4 is 10.2 Å². The largest absolute Gasteiger partial charge is 0.471 e. The summed E-state index contributed by atoms with van der Waals surface area (Å²) in [5.41, 5.74) is 5.09. The van der Waals surface area contributed by atoms with Gasteiger partial charge in [-0.3, -0.25) is 14.6 Å². The first-order valence-corrected chi connectivity index (χ1v) is 11.3. The van der Waals surface area contributed by atoms with Gasteiger partial charge >= 0.3 is 12.1 Å². The third-order valence-electron chi connectivity index (χ3n) is 6.02. The SMILES string of the molecule is O=C1NCCc2[nH]c(-c3ccnc(-c4ccc(N(Cc5ccccc5)C(=O)C(F)(F)F)cc4)c3)cc21. The number of aromatic amines is 1. The number of nitrogens with zero attached hydrogens (tertiary/aromatic N) is 2. The number of nitrogens with one attached hydrogen (secondary N) is 2. The van der Waals surface area contributed by atoms with Gasteiger partial charge in [0.05, 0.1) is 17.8 Å². The topological polar surface area (TPSA) is 78.1 Å². The first-order valence-electron chi connectivity index (χ1n) is 11.3. The van der Waals surface area contributed by atoms with E-state index in [0.29, 0.717) is 28.9 Å². The maximum atomic E-state index is 13.3. The molecule has 0 fully saturated rings. The summed E-state index contributed by atoms with van der Waals surface area (Å²) in [7, 11) is 0. The Morgan fingerprint density at radius 3 is 2.42 bits per heavy atom. The van der Waals surface area contributed by atoms with Crippen molar-refractivity contribution in [1.29, 1.82) is 0 Å². The molecule has 2 amide bonds. The molecule has 2 aromatic heterocycles. The molecule has 0 bridgehead atoms. The fourth-order valence-electron chi connectivity index (χ4n) is 4.22. The fourth-order valence-corrected chi connectivity index (χ4v) is 4.22. The molecule has 0 spiro atoms. The van der Waals surface area contributed by atoms with E-state index in [1.165, 1.54) is 12.1 Å². The van der Waals surface area contributed by atoms with Crippen molar-refractivity contribution >= 4 is 17.5 Å². The average Bonchev–Trinajstić information content (AvgIpc) is 3.33. The lowest BCUT2D eigenvalue weighted by Gasteiger charge is -2.24. The van der Waals surface area contributed by atoms with Gasteiger partial charge in [0, 0.05) is 47.4 Å². The summed E-state index contributed by atoms with van der Waals surface area (Å²) < 4.78 is 40.0. The number of carbonyl (C=O) groups is 2. The van der Waals surface area contributed by atoms with Crippen molar-refractivity contribution in [2.24, 2.45) is 0 Å². The molecular weight excluding hydrogens is 469 g/mol. The molecule has 36 heavy (non-hydrogen) atoms. The molecule has 2 N–H and O–H groups in total. The van der Waals surface area contributed by atoms with Crippen LogP contribution in [0.4, 0.5) is 18.9 Å². The fraction of sp³-hybridized carbons (Fsp3) is 0.148. The molecule has 2 aromatic carbocycles. The van der Waals surface area contributed by atoms with Crippen molar-refractivity contribution in [3.63, 3.8) is 0 Å². The molecule has 0 unspecified atom stereocenters. The van der Waals surface area contributed by atoms with Crippen molar-refractivity contribution in [1.82, 2.24) is 15.3 Å². The van der Waals surface area contributed by atoms with Crippen LogP contribution >= 0.6 is 0 Å². The van der Waals surface area contributed by atoms with Gasteiger partial charge in [0.25, 0.3) is 5.91 Å². The zero-order chi connectivity index (χ0) is 25.3. The van der Waals surface area contributed by atoms with E-state index in [4.69, 9.17) is 0 Å². The third-order valence-corrected chi connectivity index (χ3v) is 6.02. The zero-order valence-electron chi connectivity index (χ0n) is 19.0. The normalized spacial score (nSPS) is 13.1. The van der Waals surface area contributed by atoms with Gasteiger partial charge in [0.15, 0.2) is 0 Å². The number of halogens is 3. The highest BCUT2D eigenvalue weighted by molar-refractivity contribution is 5.98. The molecule has 3 heterocycles. The summed E-state index contributed by atoms with van der Waals surface area (Å²) >= 11 is 0. The number of rotatable bonds is 5. The third kappa shape index (κ3) is 4.72. The predicted octanol–water partition coefficient (Wildman–Crippen LogP) is 5.13. The Morgan fingerprint density at radius 2 is 1.72 bits per heavy atom. The van der Waals surface area contributed by atoms with E-state index in [9.17, 15) is 22.8 Å². The van der Waals surface area contributed by atoms with Gasteiger partial charge in [-0.2, -0.15) is 13.2 Å². The Bertz CT molecular complexity index is 1410. The highest BCUT2D eigenvalue weighted by Gasteiger charge is 2.43. The molecule has 4 aromatic rings. The second-order valence-corrected chi connectivity index (χ2v) is 8.43. The summed E-state index contributed by atoms with van der Waals surface area (Å²) in [6.07, 6.45) is -2.65. The van der Waals surface area contributed by atoms with Crippen LogP contribution in [0.2, 0.25) is 0 Å². The monoisotopic (exact) mass is 490 g/mol. The minimum Gasteiger partial charge on any atom is -0.358 e. The summed E-state index contributed by atoms with van der Waals surface area (Å²) in [4.78, 5) is 32.7. The van der Waals surface area contributed by atoms with Crippen molar-refractivity contribution in [3.05, 3.63) is 95.8 Å².